The first-order valence-electron chi connectivity index (χ1n) is 8.78. The van der Waals surface area contributed by atoms with Crippen molar-refractivity contribution in [3.05, 3.63) is 29.8 Å². The van der Waals surface area contributed by atoms with Crippen LogP contribution in [0.3, 0.4) is 0 Å². The molecule has 1 heterocycles. The van der Waals surface area contributed by atoms with Crippen molar-refractivity contribution in [2.45, 2.75) is 39.3 Å². The van der Waals surface area contributed by atoms with Gasteiger partial charge in [-0.2, -0.15) is 8.78 Å². The predicted octanol–water partition coefficient (Wildman–Crippen LogP) is 2.91. The number of nitrogens with zero attached hydrogens (tertiary/aromatic N) is 1. The topological polar surface area (TPSA) is 70.7 Å². The van der Waals surface area contributed by atoms with Crippen molar-refractivity contribution in [1.29, 1.82) is 0 Å². The highest BCUT2D eigenvalue weighted by Gasteiger charge is 2.28. The van der Waals surface area contributed by atoms with Crippen molar-refractivity contribution in [2.75, 3.05) is 19.6 Å². The van der Waals surface area contributed by atoms with Gasteiger partial charge >= 0.3 is 12.6 Å². The Bertz CT molecular complexity index is 610. The second-order valence-corrected chi connectivity index (χ2v) is 6.30. The number of nitrogens with one attached hydrogen (secondary N) is 2. The summed E-state index contributed by atoms with van der Waals surface area (Å²) in [5.74, 6) is -0.133. The number of benzene rings is 1. The Labute approximate surface area is 151 Å². The molecule has 2 rings (SSSR count). The van der Waals surface area contributed by atoms with Crippen LogP contribution in [-0.2, 0) is 4.79 Å². The number of piperidine rings is 1. The van der Waals surface area contributed by atoms with Gasteiger partial charge in [0, 0.05) is 19.6 Å². The monoisotopic (exact) mass is 369 g/mol. The number of ether oxygens (including phenoxy) is 1. The van der Waals surface area contributed by atoms with Crippen LogP contribution in [0.2, 0.25) is 0 Å². The minimum absolute atomic E-state index is 0.0207. The van der Waals surface area contributed by atoms with E-state index in [0.717, 1.165) is 18.4 Å². The molecule has 0 unspecified atom stereocenters. The fourth-order valence-corrected chi connectivity index (χ4v) is 2.99. The number of hydrogen-bond acceptors (Lipinski definition) is 3. The van der Waals surface area contributed by atoms with Gasteiger partial charge in [0.2, 0.25) is 5.91 Å². The van der Waals surface area contributed by atoms with Crippen LogP contribution in [0, 0.1) is 5.92 Å². The van der Waals surface area contributed by atoms with Crippen LogP contribution < -0.4 is 15.4 Å². The van der Waals surface area contributed by atoms with Crippen LogP contribution in [0.1, 0.15) is 38.3 Å². The number of amides is 3. The zero-order valence-corrected chi connectivity index (χ0v) is 15.0. The lowest BCUT2D eigenvalue weighted by atomic mass is 9.97. The molecule has 1 aliphatic rings. The van der Waals surface area contributed by atoms with Gasteiger partial charge in [-0.1, -0.05) is 12.1 Å². The summed E-state index contributed by atoms with van der Waals surface area (Å²) in [5, 5.41) is 5.68. The predicted molar refractivity (Wildman–Crippen MR) is 93.0 cm³/mol. The molecule has 0 aromatic heterocycles. The summed E-state index contributed by atoms with van der Waals surface area (Å²) in [6, 6.07) is 5.62. The molecule has 6 nitrogen and oxygen atoms in total. The number of rotatable bonds is 6. The lowest BCUT2D eigenvalue weighted by Crippen LogP contribution is -2.49. The van der Waals surface area contributed by atoms with E-state index in [0.29, 0.717) is 19.6 Å². The van der Waals surface area contributed by atoms with Crippen LogP contribution in [0.15, 0.2) is 24.3 Å². The fourth-order valence-electron chi connectivity index (χ4n) is 2.99. The Morgan fingerprint density at radius 3 is 2.62 bits per heavy atom. The molecule has 1 saturated heterocycles. The molecule has 144 valence electrons. The van der Waals surface area contributed by atoms with E-state index in [1.807, 2.05) is 13.8 Å². The lowest BCUT2D eigenvalue weighted by molar-refractivity contribution is -0.126. The molecule has 1 aromatic rings. The molecule has 0 radical (unpaired) electrons. The third kappa shape index (κ3) is 5.57. The van der Waals surface area contributed by atoms with Gasteiger partial charge in [-0.25, -0.2) is 4.79 Å². The number of carbonyl (C=O) groups is 2. The van der Waals surface area contributed by atoms with Gasteiger partial charge in [0.1, 0.15) is 5.75 Å². The third-order valence-electron chi connectivity index (χ3n) is 4.38. The molecule has 2 atom stereocenters. The minimum Gasteiger partial charge on any atom is -0.435 e. The van der Waals surface area contributed by atoms with E-state index in [4.69, 9.17) is 0 Å². The molecule has 1 fully saturated rings. The number of alkyl halides is 2. The molecule has 0 aliphatic carbocycles. The average Bonchev–Trinajstić information content (AvgIpc) is 2.62. The summed E-state index contributed by atoms with van der Waals surface area (Å²) in [7, 11) is 0. The first-order valence-corrected chi connectivity index (χ1v) is 8.78. The molecule has 26 heavy (non-hydrogen) atoms. The highest BCUT2D eigenvalue weighted by atomic mass is 19.3. The van der Waals surface area contributed by atoms with Gasteiger partial charge in [0.15, 0.2) is 0 Å². The molecule has 0 spiro atoms. The molecule has 2 N–H and O–H groups in total. The SMILES string of the molecule is CCNC(=O)[C@@H]1CCCN(C(=O)N[C@H](C)c2ccc(OC(F)F)cc2)C1. The van der Waals surface area contributed by atoms with Gasteiger partial charge < -0.3 is 20.3 Å². The Balaban J connectivity index is 1.90. The molecule has 3 amide bonds. The molecule has 1 aromatic carbocycles. The highest BCUT2D eigenvalue weighted by molar-refractivity contribution is 5.80. The second-order valence-electron chi connectivity index (χ2n) is 6.30. The number of hydrogen-bond donors (Lipinski definition) is 2. The fraction of sp³-hybridized carbons (Fsp3) is 0.556. The maximum atomic E-state index is 12.5. The largest absolute Gasteiger partial charge is 0.435 e. The number of urea groups is 1. The second kappa shape index (κ2) is 9.35. The Kier molecular flexibility index (Phi) is 7.17. The molecule has 8 heteroatoms. The van der Waals surface area contributed by atoms with E-state index < -0.39 is 6.61 Å². The van der Waals surface area contributed by atoms with Crippen LogP contribution in [-0.4, -0.2) is 43.1 Å². The molecular formula is C18H25F2N3O3. The van der Waals surface area contributed by atoms with Crippen molar-refractivity contribution in [3.8, 4) is 5.75 Å². The molecule has 1 aliphatic heterocycles. The zero-order valence-electron chi connectivity index (χ0n) is 15.0. The summed E-state index contributed by atoms with van der Waals surface area (Å²) in [6.07, 6.45) is 1.56. The average molecular weight is 369 g/mol. The van der Waals surface area contributed by atoms with E-state index in [-0.39, 0.29) is 29.6 Å². The highest BCUT2D eigenvalue weighted by Crippen LogP contribution is 2.21. The van der Waals surface area contributed by atoms with Crippen molar-refractivity contribution in [3.63, 3.8) is 0 Å². The van der Waals surface area contributed by atoms with E-state index >= 15 is 0 Å². The number of halogens is 2. The van der Waals surface area contributed by atoms with Crippen LogP contribution in [0.4, 0.5) is 13.6 Å². The molecular weight excluding hydrogens is 344 g/mol. The Morgan fingerprint density at radius 2 is 2.00 bits per heavy atom. The van der Waals surface area contributed by atoms with E-state index in [1.54, 1.807) is 17.0 Å². The van der Waals surface area contributed by atoms with Gasteiger partial charge in [-0.05, 0) is 44.4 Å². The van der Waals surface area contributed by atoms with E-state index in [9.17, 15) is 18.4 Å². The third-order valence-corrected chi connectivity index (χ3v) is 4.38. The summed E-state index contributed by atoms with van der Waals surface area (Å²) in [5.41, 5.74) is 0.775. The minimum atomic E-state index is -2.87. The normalized spacial score (nSPS) is 18.3. The Morgan fingerprint density at radius 1 is 1.31 bits per heavy atom. The van der Waals surface area contributed by atoms with Gasteiger partial charge in [0.05, 0.1) is 12.0 Å². The van der Waals surface area contributed by atoms with Crippen molar-refractivity contribution in [1.82, 2.24) is 15.5 Å². The van der Waals surface area contributed by atoms with Crippen LogP contribution in [0.5, 0.6) is 5.75 Å². The smallest absolute Gasteiger partial charge is 0.387 e. The van der Waals surface area contributed by atoms with Crippen molar-refractivity contribution < 1.29 is 23.1 Å². The van der Waals surface area contributed by atoms with E-state index in [1.165, 1.54) is 12.1 Å². The molecule has 0 saturated carbocycles. The first kappa shape index (κ1) is 19.9. The van der Waals surface area contributed by atoms with Crippen molar-refractivity contribution in [2.24, 2.45) is 5.92 Å². The first-order chi connectivity index (χ1) is 12.4. The summed E-state index contributed by atoms with van der Waals surface area (Å²) >= 11 is 0. The van der Waals surface area contributed by atoms with Gasteiger partial charge in [-0.3, -0.25) is 4.79 Å². The maximum Gasteiger partial charge on any atom is 0.387 e. The number of likely N-dealkylation sites (tertiary alicyclic amines) is 1. The van der Waals surface area contributed by atoms with Crippen LogP contribution in [0.25, 0.3) is 0 Å². The maximum absolute atomic E-state index is 12.5. The zero-order chi connectivity index (χ0) is 19.1. The van der Waals surface area contributed by atoms with E-state index in [2.05, 4.69) is 15.4 Å². The summed E-state index contributed by atoms with van der Waals surface area (Å²) < 4.78 is 28.7. The molecule has 0 bridgehead atoms. The standard InChI is InChI=1S/C18H25F2N3O3/c1-3-21-16(24)14-5-4-10-23(11-14)18(25)22-12(2)13-6-8-15(9-7-13)26-17(19)20/h6-9,12,14,17H,3-5,10-11H2,1-2H3,(H,21,24)(H,22,25)/t12-,14-/m1/s1. The van der Waals surface area contributed by atoms with Crippen LogP contribution >= 0.6 is 0 Å². The summed E-state index contributed by atoms with van der Waals surface area (Å²) in [6.45, 7) is 2.39. The van der Waals surface area contributed by atoms with Gasteiger partial charge in [-0.15, -0.1) is 0 Å². The lowest BCUT2D eigenvalue weighted by Gasteiger charge is -2.33. The van der Waals surface area contributed by atoms with Gasteiger partial charge in [0.25, 0.3) is 0 Å². The number of carbonyl (C=O) groups excluding carboxylic acids is 2. The quantitative estimate of drug-likeness (QED) is 0.810. The Hall–Kier alpha value is -2.38. The van der Waals surface area contributed by atoms with Crippen molar-refractivity contribution >= 4 is 11.9 Å². The summed E-state index contributed by atoms with van der Waals surface area (Å²) in [4.78, 5) is 26.1.